The quantitative estimate of drug-likeness (QED) is 0.602. The lowest BCUT2D eigenvalue weighted by Crippen LogP contribution is -1.67. The first-order valence-corrected chi connectivity index (χ1v) is 3.06. The number of rotatable bonds is 1. The molecule has 0 heterocycles. The number of aromatic hydroxyl groups is 2. The molecule has 0 amide bonds. The van der Waals surface area contributed by atoms with Crippen molar-refractivity contribution >= 4 is 5.69 Å². The predicted octanol–water partition coefficient (Wildman–Crippen LogP) is 1.81. The van der Waals surface area contributed by atoms with Gasteiger partial charge in [0.05, 0.1) is 0 Å². The van der Waals surface area contributed by atoms with Crippen LogP contribution in [-0.4, -0.2) is 17.3 Å². The molecule has 0 aliphatic rings. The number of phenolic OH excluding ortho intramolecular Hbond substituents is 2. The molecule has 0 aromatic heterocycles. The smallest absolute Gasteiger partial charge is 0.146 e. The Morgan fingerprint density at radius 1 is 1.27 bits per heavy atom. The second kappa shape index (κ2) is 3.01. The Kier molecular flexibility index (Phi) is 2.06. The number of nitrogens with zero attached hydrogens (tertiary/aromatic N) is 2. The molecule has 0 fully saturated rings. The molecule has 1 aromatic rings. The van der Waals surface area contributed by atoms with E-state index >= 15 is 0 Å². The van der Waals surface area contributed by atoms with E-state index in [0.717, 1.165) is 0 Å². The molecular formula is C7H8N2O2. The fraction of sp³-hybridized carbons (Fsp3) is 0.143. The van der Waals surface area contributed by atoms with Crippen LogP contribution in [0.25, 0.3) is 0 Å². The first kappa shape index (κ1) is 7.53. The van der Waals surface area contributed by atoms with Crippen LogP contribution in [0.3, 0.4) is 0 Å². The number of benzene rings is 1. The van der Waals surface area contributed by atoms with Gasteiger partial charge < -0.3 is 10.2 Å². The zero-order chi connectivity index (χ0) is 8.27. The van der Waals surface area contributed by atoms with Gasteiger partial charge in [-0.05, 0) is 12.1 Å². The van der Waals surface area contributed by atoms with Crippen molar-refractivity contribution in [3.63, 3.8) is 0 Å². The predicted molar refractivity (Wildman–Crippen MR) is 40.2 cm³/mol. The molecule has 0 saturated heterocycles. The van der Waals surface area contributed by atoms with E-state index in [1.807, 2.05) is 0 Å². The third-order valence-corrected chi connectivity index (χ3v) is 1.17. The van der Waals surface area contributed by atoms with Gasteiger partial charge >= 0.3 is 0 Å². The Morgan fingerprint density at radius 2 is 2.00 bits per heavy atom. The van der Waals surface area contributed by atoms with E-state index in [0.29, 0.717) is 5.69 Å². The fourth-order valence-electron chi connectivity index (χ4n) is 0.704. The molecule has 4 heteroatoms. The summed E-state index contributed by atoms with van der Waals surface area (Å²) in [5.74, 6) is -0.0619. The van der Waals surface area contributed by atoms with Crippen LogP contribution in [0.1, 0.15) is 0 Å². The summed E-state index contributed by atoms with van der Waals surface area (Å²) in [6, 6.07) is 4.13. The van der Waals surface area contributed by atoms with Gasteiger partial charge in [-0.25, -0.2) is 0 Å². The molecule has 0 unspecified atom stereocenters. The molecule has 1 rings (SSSR count). The zero-order valence-corrected chi connectivity index (χ0v) is 6.02. The summed E-state index contributed by atoms with van der Waals surface area (Å²) in [7, 11) is 1.51. The number of hydrogen-bond acceptors (Lipinski definition) is 4. The van der Waals surface area contributed by atoms with Crippen LogP contribution in [-0.2, 0) is 0 Å². The summed E-state index contributed by atoms with van der Waals surface area (Å²) in [5.41, 5.74) is 0.352. The standard InChI is InChI=1S/C7H8N2O2/c1-8-9-6-3-2-5(10)4-7(6)11/h2-4,10-11H,1H3/b9-8+. The van der Waals surface area contributed by atoms with Crippen molar-refractivity contribution in [1.29, 1.82) is 0 Å². The van der Waals surface area contributed by atoms with Crippen molar-refractivity contribution in [2.75, 3.05) is 7.05 Å². The number of hydrogen-bond donors (Lipinski definition) is 2. The van der Waals surface area contributed by atoms with Gasteiger partial charge in [0.15, 0.2) is 0 Å². The summed E-state index contributed by atoms with van der Waals surface area (Å²) < 4.78 is 0. The molecule has 0 radical (unpaired) electrons. The average molecular weight is 152 g/mol. The van der Waals surface area contributed by atoms with Gasteiger partial charge in [-0.2, -0.15) is 10.2 Å². The molecular weight excluding hydrogens is 144 g/mol. The minimum Gasteiger partial charge on any atom is -0.508 e. The molecule has 4 nitrogen and oxygen atoms in total. The molecule has 0 aliphatic carbocycles. The molecule has 58 valence electrons. The normalized spacial score (nSPS) is 10.6. The summed E-state index contributed by atoms with van der Waals surface area (Å²) in [6.45, 7) is 0. The van der Waals surface area contributed by atoms with Crippen LogP contribution in [0.2, 0.25) is 0 Å². The van der Waals surface area contributed by atoms with Crippen LogP contribution in [0.15, 0.2) is 28.4 Å². The van der Waals surface area contributed by atoms with Crippen molar-refractivity contribution in [2.24, 2.45) is 10.2 Å². The Morgan fingerprint density at radius 3 is 2.55 bits per heavy atom. The maximum atomic E-state index is 9.11. The lowest BCUT2D eigenvalue weighted by atomic mass is 10.3. The van der Waals surface area contributed by atoms with Crippen LogP contribution >= 0.6 is 0 Å². The highest BCUT2D eigenvalue weighted by molar-refractivity contribution is 5.53. The highest BCUT2D eigenvalue weighted by atomic mass is 16.3. The molecule has 1 aromatic carbocycles. The second-order valence-electron chi connectivity index (χ2n) is 1.97. The minimum absolute atomic E-state index is 0.0116. The number of azo groups is 1. The van der Waals surface area contributed by atoms with Gasteiger partial charge in [0.25, 0.3) is 0 Å². The zero-order valence-electron chi connectivity index (χ0n) is 6.02. The average Bonchev–Trinajstić information content (AvgIpc) is 1.95. The monoisotopic (exact) mass is 152 g/mol. The Labute approximate surface area is 63.8 Å². The number of phenols is 2. The maximum Gasteiger partial charge on any atom is 0.146 e. The Hall–Kier alpha value is -1.58. The minimum atomic E-state index is -0.0735. The summed E-state index contributed by atoms with van der Waals surface area (Å²) in [5, 5.41) is 25.1. The Balaban J connectivity index is 3.09. The lowest BCUT2D eigenvalue weighted by Gasteiger charge is -1.96. The second-order valence-corrected chi connectivity index (χ2v) is 1.97. The molecule has 0 atom stereocenters. The molecule has 0 aliphatic heterocycles. The van der Waals surface area contributed by atoms with Crippen molar-refractivity contribution < 1.29 is 10.2 Å². The van der Waals surface area contributed by atoms with Gasteiger partial charge in [-0.3, -0.25) is 0 Å². The highest BCUT2D eigenvalue weighted by Crippen LogP contribution is 2.29. The van der Waals surface area contributed by atoms with Crippen LogP contribution in [0.5, 0.6) is 11.5 Å². The van der Waals surface area contributed by atoms with Crippen molar-refractivity contribution in [3.05, 3.63) is 18.2 Å². The van der Waals surface area contributed by atoms with E-state index in [1.54, 1.807) is 0 Å². The molecule has 0 spiro atoms. The van der Waals surface area contributed by atoms with Crippen LogP contribution in [0.4, 0.5) is 5.69 Å². The maximum absolute atomic E-state index is 9.11. The van der Waals surface area contributed by atoms with Gasteiger partial charge in [-0.15, -0.1) is 0 Å². The molecule has 11 heavy (non-hydrogen) atoms. The first-order chi connectivity index (χ1) is 5.24. The van der Waals surface area contributed by atoms with Crippen LogP contribution < -0.4 is 0 Å². The molecule has 0 bridgehead atoms. The van der Waals surface area contributed by atoms with Gasteiger partial charge in [0.1, 0.15) is 17.2 Å². The lowest BCUT2D eigenvalue weighted by molar-refractivity contribution is 0.451. The van der Waals surface area contributed by atoms with Crippen molar-refractivity contribution in [2.45, 2.75) is 0 Å². The fourth-order valence-corrected chi connectivity index (χ4v) is 0.704. The van der Waals surface area contributed by atoms with Gasteiger partial charge in [-0.1, -0.05) is 0 Å². The topological polar surface area (TPSA) is 65.2 Å². The third-order valence-electron chi connectivity index (χ3n) is 1.17. The van der Waals surface area contributed by atoms with E-state index in [4.69, 9.17) is 10.2 Å². The summed E-state index contributed by atoms with van der Waals surface area (Å²) >= 11 is 0. The summed E-state index contributed by atoms with van der Waals surface area (Å²) in [4.78, 5) is 0. The third kappa shape index (κ3) is 1.67. The van der Waals surface area contributed by atoms with Crippen molar-refractivity contribution in [3.8, 4) is 11.5 Å². The first-order valence-electron chi connectivity index (χ1n) is 3.06. The molecule has 0 saturated carbocycles. The van der Waals surface area contributed by atoms with E-state index in [-0.39, 0.29) is 11.5 Å². The molecule has 2 N–H and O–H groups in total. The largest absolute Gasteiger partial charge is 0.508 e. The Bertz CT molecular complexity index is 284. The van der Waals surface area contributed by atoms with E-state index in [1.165, 1.54) is 25.2 Å². The summed E-state index contributed by atoms with van der Waals surface area (Å²) in [6.07, 6.45) is 0. The highest BCUT2D eigenvalue weighted by Gasteiger charge is 1.98. The van der Waals surface area contributed by atoms with Gasteiger partial charge in [0.2, 0.25) is 0 Å². The SMILES string of the molecule is C/N=N/c1ccc(O)cc1O. The van der Waals surface area contributed by atoms with Gasteiger partial charge in [0, 0.05) is 13.1 Å². The van der Waals surface area contributed by atoms with Crippen molar-refractivity contribution in [1.82, 2.24) is 0 Å². The van der Waals surface area contributed by atoms with E-state index < -0.39 is 0 Å². The van der Waals surface area contributed by atoms with E-state index in [2.05, 4.69) is 10.2 Å². The van der Waals surface area contributed by atoms with Crippen LogP contribution in [0, 0.1) is 0 Å². The van der Waals surface area contributed by atoms with E-state index in [9.17, 15) is 0 Å².